The molecule has 0 radical (unpaired) electrons. The summed E-state index contributed by atoms with van der Waals surface area (Å²) in [5, 5.41) is 5.10. The number of rotatable bonds is 4. The second-order valence-corrected chi connectivity index (χ2v) is 4.51. The van der Waals surface area contributed by atoms with E-state index in [9.17, 15) is 0 Å². The zero-order valence-corrected chi connectivity index (χ0v) is 11.2. The van der Waals surface area contributed by atoms with Crippen LogP contribution in [-0.2, 0) is 0 Å². The van der Waals surface area contributed by atoms with Crippen molar-refractivity contribution < 1.29 is 4.74 Å². The predicted molar refractivity (Wildman–Crippen MR) is 72.6 cm³/mol. The van der Waals surface area contributed by atoms with Crippen LogP contribution in [0.4, 0.5) is 0 Å². The van der Waals surface area contributed by atoms with E-state index < -0.39 is 0 Å². The molecule has 0 spiro atoms. The molecule has 0 aliphatic carbocycles. The van der Waals surface area contributed by atoms with Gasteiger partial charge in [-0.05, 0) is 31.5 Å². The van der Waals surface area contributed by atoms with Gasteiger partial charge in [-0.15, -0.1) is 5.10 Å². The van der Waals surface area contributed by atoms with Gasteiger partial charge in [0.15, 0.2) is 0 Å². The van der Waals surface area contributed by atoms with Crippen LogP contribution in [0, 0.1) is 13.8 Å². The fourth-order valence-corrected chi connectivity index (χ4v) is 1.83. The van der Waals surface area contributed by atoms with Crippen LogP contribution < -0.4 is 10.5 Å². The van der Waals surface area contributed by atoms with Crippen molar-refractivity contribution in [3.8, 4) is 11.6 Å². The molecule has 18 heavy (non-hydrogen) atoms. The van der Waals surface area contributed by atoms with E-state index in [4.69, 9.17) is 22.1 Å². The largest absolute Gasteiger partial charge is 0.475 e. The summed E-state index contributed by atoms with van der Waals surface area (Å²) in [6.07, 6.45) is 0. The zero-order valence-electron chi connectivity index (χ0n) is 10.5. The van der Waals surface area contributed by atoms with Crippen LogP contribution in [0.2, 0.25) is 5.02 Å². The third kappa shape index (κ3) is 2.66. The van der Waals surface area contributed by atoms with Crippen LogP contribution in [0.3, 0.4) is 0 Å². The number of aromatic nitrogens is 2. The highest BCUT2D eigenvalue weighted by molar-refractivity contribution is 6.31. The first-order chi connectivity index (χ1) is 8.61. The van der Waals surface area contributed by atoms with Gasteiger partial charge < -0.3 is 10.5 Å². The fourth-order valence-electron chi connectivity index (χ4n) is 1.66. The SMILES string of the molecule is Cc1ccc(-n2nc(OCCN)cc2C)cc1Cl. The Morgan fingerprint density at radius 3 is 2.78 bits per heavy atom. The highest BCUT2D eigenvalue weighted by Gasteiger charge is 2.08. The summed E-state index contributed by atoms with van der Waals surface area (Å²) >= 11 is 6.12. The minimum Gasteiger partial charge on any atom is -0.475 e. The number of nitrogens with two attached hydrogens (primary N) is 1. The number of nitrogens with zero attached hydrogens (tertiary/aromatic N) is 2. The summed E-state index contributed by atoms with van der Waals surface area (Å²) in [5.41, 5.74) is 8.35. The van der Waals surface area contributed by atoms with Gasteiger partial charge in [-0.1, -0.05) is 17.7 Å². The van der Waals surface area contributed by atoms with E-state index in [2.05, 4.69) is 5.10 Å². The molecule has 0 fully saturated rings. The minimum absolute atomic E-state index is 0.463. The Hall–Kier alpha value is -1.52. The molecule has 0 saturated carbocycles. The van der Waals surface area contributed by atoms with E-state index in [1.54, 1.807) is 4.68 Å². The summed E-state index contributed by atoms with van der Waals surface area (Å²) in [5.74, 6) is 0.578. The topological polar surface area (TPSA) is 53.1 Å². The van der Waals surface area contributed by atoms with Crippen molar-refractivity contribution in [2.45, 2.75) is 13.8 Å². The van der Waals surface area contributed by atoms with Gasteiger partial charge in [0.2, 0.25) is 5.88 Å². The molecule has 2 aromatic rings. The molecule has 0 unspecified atom stereocenters. The third-order valence-electron chi connectivity index (χ3n) is 2.63. The Morgan fingerprint density at radius 2 is 2.11 bits per heavy atom. The lowest BCUT2D eigenvalue weighted by Gasteiger charge is -2.06. The number of halogens is 1. The Morgan fingerprint density at radius 1 is 1.33 bits per heavy atom. The Kier molecular flexibility index (Phi) is 3.89. The quantitative estimate of drug-likeness (QED) is 0.924. The number of aryl methyl sites for hydroxylation is 2. The monoisotopic (exact) mass is 265 g/mol. The maximum Gasteiger partial charge on any atom is 0.233 e. The molecule has 4 nitrogen and oxygen atoms in total. The highest BCUT2D eigenvalue weighted by Crippen LogP contribution is 2.22. The van der Waals surface area contributed by atoms with Crippen LogP contribution >= 0.6 is 11.6 Å². The molecule has 2 N–H and O–H groups in total. The lowest BCUT2D eigenvalue weighted by atomic mass is 10.2. The summed E-state index contributed by atoms with van der Waals surface area (Å²) in [6, 6.07) is 7.72. The van der Waals surface area contributed by atoms with E-state index in [1.807, 2.05) is 38.1 Å². The van der Waals surface area contributed by atoms with Crippen LogP contribution in [0.15, 0.2) is 24.3 Å². The van der Waals surface area contributed by atoms with Gasteiger partial charge in [0, 0.05) is 23.3 Å². The van der Waals surface area contributed by atoms with Crippen molar-refractivity contribution in [1.82, 2.24) is 9.78 Å². The van der Waals surface area contributed by atoms with Gasteiger partial charge in [0.05, 0.1) is 5.69 Å². The van der Waals surface area contributed by atoms with E-state index >= 15 is 0 Å². The van der Waals surface area contributed by atoms with Crippen LogP contribution in [0.1, 0.15) is 11.3 Å². The molecular weight excluding hydrogens is 250 g/mol. The zero-order chi connectivity index (χ0) is 13.1. The first kappa shape index (κ1) is 12.9. The van der Waals surface area contributed by atoms with Crippen LogP contribution in [-0.4, -0.2) is 22.9 Å². The van der Waals surface area contributed by atoms with Gasteiger partial charge >= 0.3 is 0 Å². The van der Waals surface area contributed by atoms with Gasteiger partial charge in [-0.25, -0.2) is 4.68 Å². The van der Waals surface area contributed by atoms with Gasteiger partial charge in [-0.2, -0.15) is 0 Å². The van der Waals surface area contributed by atoms with E-state index in [0.717, 1.165) is 22.0 Å². The normalized spacial score (nSPS) is 10.7. The lowest BCUT2D eigenvalue weighted by molar-refractivity contribution is 0.313. The Bertz CT molecular complexity index is 551. The maximum atomic E-state index is 6.12. The molecule has 5 heteroatoms. The van der Waals surface area contributed by atoms with Crippen molar-refractivity contribution in [2.24, 2.45) is 5.73 Å². The molecule has 1 aromatic heterocycles. The molecular formula is C13H16ClN3O. The molecule has 0 atom stereocenters. The molecule has 0 saturated heterocycles. The molecule has 2 rings (SSSR count). The molecule has 0 bridgehead atoms. The molecule has 0 aliphatic heterocycles. The molecule has 1 aromatic carbocycles. The summed E-state index contributed by atoms with van der Waals surface area (Å²) in [4.78, 5) is 0. The average Bonchev–Trinajstić information content (AvgIpc) is 2.71. The summed E-state index contributed by atoms with van der Waals surface area (Å²) < 4.78 is 7.20. The van der Waals surface area contributed by atoms with Crippen molar-refractivity contribution >= 4 is 11.6 Å². The molecule has 0 amide bonds. The van der Waals surface area contributed by atoms with Crippen LogP contribution in [0.25, 0.3) is 5.69 Å². The molecule has 96 valence electrons. The second-order valence-electron chi connectivity index (χ2n) is 4.11. The highest BCUT2D eigenvalue weighted by atomic mass is 35.5. The first-order valence-corrected chi connectivity index (χ1v) is 6.15. The maximum absolute atomic E-state index is 6.12. The van der Waals surface area contributed by atoms with Crippen LogP contribution in [0.5, 0.6) is 5.88 Å². The first-order valence-electron chi connectivity index (χ1n) is 5.78. The Balaban J connectivity index is 2.32. The number of hydrogen-bond donors (Lipinski definition) is 1. The standard InChI is InChI=1S/C13H16ClN3O/c1-9-3-4-11(8-12(9)14)17-10(2)7-13(16-17)18-6-5-15/h3-4,7-8H,5-6,15H2,1-2H3. The lowest BCUT2D eigenvalue weighted by Crippen LogP contribution is -2.11. The van der Waals surface area contributed by atoms with Gasteiger partial charge in [-0.3, -0.25) is 0 Å². The van der Waals surface area contributed by atoms with Crippen molar-refractivity contribution in [3.63, 3.8) is 0 Å². The van der Waals surface area contributed by atoms with Crippen molar-refractivity contribution in [2.75, 3.05) is 13.2 Å². The minimum atomic E-state index is 0.463. The fraction of sp³-hybridized carbons (Fsp3) is 0.308. The van der Waals surface area contributed by atoms with Gasteiger partial charge in [0.25, 0.3) is 0 Å². The van der Waals surface area contributed by atoms with E-state index in [-0.39, 0.29) is 0 Å². The summed E-state index contributed by atoms with van der Waals surface area (Å²) in [6.45, 7) is 4.88. The number of benzene rings is 1. The van der Waals surface area contributed by atoms with E-state index in [0.29, 0.717) is 19.0 Å². The van der Waals surface area contributed by atoms with E-state index in [1.165, 1.54) is 0 Å². The number of ether oxygens (including phenoxy) is 1. The van der Waals surface area contributed by atoms with Crippen molar-refractivity contribution in [3.05, 3.63) is 40.5 Å². The molecule has 0 aliphatic rings. The predicted octanol–water partition coefficient (Wildman–Crippen LogP) is 2.48. The Labute approximate surface area is 111 Å². The number of hydrogen-bond acceptors (Lipinski definition) is 3. The third-order valence-corrected chi connectivity index (χ3v) is 3.04. The molecule has 1 heterocycles. The van der Waals surface area contributed by atoms with Crippen molar-refractivity contribution in [1.29, 1.82) is 0 Å². The summed E-state index contributed by atoms with van der Waals surface area (Å²) in [7, 11) is 0. The average molecular weight is 266 g/mol. The smallest absolute Gasteiger partial charge is 0.233 e. The second kappa shape index (κ2) is 5.42. The van der Waals surface area contributed by atoms with Gasteiger partial charge in [0.1, 0.15) is 6.61 Å².